The predicted octanol–water partition coefficient (Wildman–Crippen LogP) is 7.61. The lowest BCUT2D eigenvalue weighted by Gasteiger charge is -2.24. The molecule has 4 rings (SSSR count). The summed E-state index contributed by atoms with van der Waals surface area (Å²) in [5.74, 6) is -0.797. The van der Waals surface area contributed by atoms with E-state index in [4.69, 9.17) is 4.89 Å². The Bertz CT molecular complexity index is 1460. The number of hydrogen-bond donors (Lipinski definition) is 1. The molecule has 0 aliphatic rings. The zero-order valence-electron chi connectivity index (χ0n) is 20.5. The van der Waals surface area contributed by atoms with Crippen LogP contribution in [0.4, 0.5) is 33.7 Å². The van der Waals surface area contributed by atoms with Crippen LogP contribution in [0.15, 0.2) is 97.1 Å². The number of nitrogens with one attached hydrogen (secondary N) is 1. The minimum atomic E-state index is -4.57. The molecule has 6 nitrogen and oxygen atoms in total. The second kappa shape index (κ2) is 11.7. The summed E-state index contributed by atoms with van der Waals surface area (Å²) >= 11 is 0. The first-order chi connectivity index (χ1) is 18.6. The van der Waals surface area contributed by atoms with Crippen LogP contribution in [0, 0.1) is 5.82 Å². The van der Waals surface area contributed by atoms with Crippen molar-refractivity contribution in [1.29, 1.82) is 0 Å². The number of halogens is 4. The number of amides is 2. The van der Waals surface area contributed by atoms with Crippen molar-refractivity contribution >= 4 is 23.4 Å². The molecule has 0 fully saturated rings. The van der Waals surface area contributed by atoms with Crippen LogP contribution >= 0.6 is 0 Å². The number of nitrogens with zero attached hydrogens (tertiary/aromatic N) is 1. The van der Waals surface area contributed by atoms with E-state index in [-0.39, 0.29) is 17.9 Å². The fourth-order valence-corrected chi connectivity index (χ4v) is 3.68. The summed E-state index contributed by atoms with van der Waals surface area (Å²) < 4.78 is 53.3. The first-order valence-electron chi connectivity index (χ1n) is 11.6. The monoisotopic (exact) mass is 538 g/mol. The number of anilines is 2. The van der Waals surface area contributed by atoms with Gasteiger partial charge in [0.2, 0.25) is 0 Å². The zero-order chi connectivity index (χ0) is 28.0. The molecular formula is C29H22F4N2O4. The highest BCUT2D eigenvalue weighted by atomic mass is 19.4. The van der Waals surface area contributed by atoms with Crippen LogP contribution in [0.25, 0.3) is 11.1 Å². The van der Waals surface area contributed by atoms with Gasteiger partial charge in [0.05, 0.1) is 12.1 Å². The molecule has 0 unspecified atom stereocenters. The second-order valence-corrected chi connectivity index (χ2v) is 8.45. The molecule has 0 aliphatic heterocycles. The lowest BCUT2D eigenvalue weighted by Crippen LogP contribution is -2.34. The molecule has 0 heterocycles. The van der Waals surface area contributed by atoms with E-state index in [0.717, 1.165) is 23.3 Å². The van der Waals surface area contributed by atoms with E-state index in [0.29, 0.717) is 11.3 Å². The van der Waals surface area contributed by atoms with Gasteiger partial charge in [-0.15, -0.1) is 0 Å². The van der Waals surface area contributed by atoms with E-state index in [1.165, 1.54) is 48.2 Å². The largest absolute Gasteiger partial charge is 0.416 e. The van der Waals surface area contributed by atoms with Gasteiger partial charge >= 0.3 is 18.2 Å². The Morgan fingerprint density at radius 2 is 1.49 bits per heavy atom. The zero-order valence-corrected chi connectivity index (χ0v) is 20.5. The molecule has 4 aromatic rings. The van der Waals surface area contributed by atoms with E-state index in [2.05, 4.69) is 10.2 Å². The predicted molar refractivity (Wildman–Crippen MR) is 137 cm³/mol. The fourth-order valence-electron chi connectivity index (χ4n) is 3.68. The number of alkyl halides is 3. The maximum Gasteiger partial charge on any atom is 0.416 e. The van der Waals surface area contributed by atoms with Crippen molar-refractivity contribution in [2.45, 2.75) is 19.6 Å². The summed E-state index contributed by atoms with van der Waals surface area (Å²) in [7, 11) is 0. The summed E-state index contributed by atoms with van der Waals surface area (Å²) in [4.78, 5) is 34.7. The number of rotatable bonds is 7. The van der Waals surface area contributed by atoms with Gasteiger partial charge in [-0.2, -0.15) is 13.2 Å². The lowest BCUT2D eigenvalue weighted by molar-refractivity contribution is -0.210. The number of carbonyl (C=O) groups is 2. The highest BCUT2D eigenvalue weighted by Gasteiger charge is 2.30. The van der Waals surface area contributed by atoms with Crippen molar-refractivity contribution in [3.05, 3.63) is 114 Å². The van der Waals surface area contributed by atoms with Crippen LogP contribution in [0.2, 0.25) is 0 Å². The van der Waals surface area contributed by atoms with E-state index in [1.807, 2.05) is 12.1 Å². The Kier molecular flexibility index (Phi) is 8.14. The second-order valence-electron chi connectivity index (χ2n) is 8.45. The van der Waals surface area contributed by atoms with E-state index >= 15 is 0 Å². The standard InChI is InChI=1S/C29H22F4N2O4/c1-19(36)38-39-27-14-12-22(13-15-27)21-10-8-20(9-11-21)18-35(26-7-3-5-24(30)17-26)28(37)34-25-6-2-4-23(16-25)29(31,32)33/h2-17H,18H2,1H3,(H,34,37). The maximum atomic E-state index is 14.0. The highest BCUT2D eigenvalue weighted by molar-refractivity contribution is 6.01. The van der Waals surface area contributed by atoms with Crippen LogP contribution < -0.4 is 15.1 Å². The molecule has 0 aliphatic carbocycles. The summed E-state index contributed by atoms with van der Waals surface area (Å²) in [6.45, 7) is 1.24. The van der Waals surface area contributed by atoms with Crippen molar-refractivity contribution in [1.82, 2.24) is 0 Å². The molecule has 0 saturated heterocycles. The van der Waals surface area contributed by atoms with Crippen LogP contribution in [0.5, 0.6) is 5.75 Å². The van der Waals surface area contributed by atoms with Crippen molar-refractivity contribution in [3.63, 3.8) is 0 Å². The minimum Gasteiger partial charge on any atom is -0.308 e. The normalized spacial score (nSPS) is 11.0. The summed E-state index contributed by atoms with van der Waals surface area (Å²) in [6.07, 6.45) is -4.57. The number of hydrogen-bond acceptors (Lipinski definition) is 4. The maximum absolute atomic E-state index is 14.0. The van der Waals surface area contributed by atoms with Gasteiger partial charge < -0.3 is 5.32 Å². The average Bonchev–Trinajstić information content (AvgIpc) is 2.91. The molecule has 10 heteroatoms. The molecule has 0 aromatic heterocycles. The third-order valence-electron chi connectivity index (χ3n) is 5.54. The Labute approximate surface area is 221 Å². The topological polar surface area (TPSA) is 67.9 Å². The quantitative estimate of drug-likeness (QED) is 0.149. The smallest absolute Gasteiger partial charge is 0.308 e. The van der Waals surface area contributed by atoms with Crippen LogP contribution in [-0.2, 0) is 22.4 Å². The van der Waals surface area contributed by atoms with Gasteiger partial charge in [-0.25, -0.2) is 14.0 Å². The van der Waals surface area contributed by atoms with Gasteiger partial charge in [-0.1, -0.05) is 48.5 Å². The Hall–Kier alpha value is -4.86. The molecule has 1 N–H and O–H groups in total. The molecule has 0 atom stereocenters. The van der Waals surface area contributed by atoms with Crippen LogP contribution in [-0.4, -0.2) is 12.0 Å². The van der Waals surface area contributed by atoms with Crippen molar-refractivity contribution < 1.29 is 36.9 Å². The van der Waals surface area contributed by atoms with Crippen molar-refractivity contribution in [2.24, 2.45) is 0 Å². The SMILES string of the molecule is CC(=O)OOc1ccc(-c2ccc(CN(C(=O)Nc3cccc(C(F)(F)F)c3)c3cccc(F)c3)cc2)cc1. The first kappa shape index (κ1) is 27.2. The third-order valence-corrected chi connectivity index (χ3v) is 5.54. The molecule has 2 amide bonds. The van der Waals surface area contributed by atoms with E-state index in [1.54, 1.807) is 36.4 Å². The fraction of sp³-hybridized carbons (Fsp3) is 0.103. The van der Waals surface area contributed by atoms with E-state index in [9.17, 15) is 27.2 Å². The molecular weight excluding hydrogens is 516 g/mol. The van der Waals surface area contributed by atoms with Gasteiger partial charge in [-0.3, -0.25) is 14.7 Å². The Morgan fingerprint density at radius 3 is 2.10 bits per heavy atom. The molecule has 0 saturated carbocycles. The molecule has 39 heavy (non-hydrogen) atoms. The summed E-state index contributed by atoms with van der Waals surface area (Å²) in [6, 6.07) is 22.9. The number of carbonyl (C=O) groups excluding carboxylic acids is 2. The van der Waals surface area contributed by atoms with Gasteiger partial charge in [0.1, 0.15) is 5.82 Å². The molecule has 4 aromatic carbocycles. The van der Waals surface area contributed by atoms with E-state index < -0.39 is 29.6 Å². The lowest BCUT2D eigenvalue weighted by atomic mass is 10.0. The van der Waals surface area contributed by atoms with Gasteiger partial charge in [0, 0.05) is 18.3 Å². The molecule has 0 radical (unpaired) electrons. The highest BCUT2D eigenvalue weighted by Crippen LogP contribution is 2.31. The minimum absolute atomic E-state index is 0.0176. The Morgan fingerprint density at radius 1 is 0.846 bits per heavy atom. The Balaban J connectivity index is 1.53. The van der Waals surface area contributed by atoms with Gasteiger partial charge in [0.15, 0.2) is 5.75 Å². The number of urea groups is 1. The number of benzene rings is 4. The van der Waals surface area contributed by atoms with Gasteiger partial charge in [0.25, 0.3) is 0 Å². The first-order valence-corrected chi connectivity index (χ1v) is 11.6. The summed E-state index contributed by atoms with van der Waals surface area (Å²) in [5, 5.41) is 2.47. The third kappa shape index (κ3) is 7.35. The van der Waals surface area contributed by atoms with Crippen molar-refractivity contribution in [3.8, 4) is 16.9 Å². The summed E-state index contributed by atoms with van der Waals surface area (Å²) in [5.41, 5.74) is 1.67. The average molecular weight is 538 g/mol. The van der Waals surface area contributed by atoms with Gasteiger partial charge in [-0.05, 0) is 65.2 Å². The molecule has 0 spiro atoms. The van der Waals surface area contributed by atoms with Crippen LogP contribution in [0.3, 0.4) is 0 Å². The van der Waals surface area contributed by atoms with Crippen LogP contribution in [0.1, 0.15) is 18.1 Å². The molecule has 200 valence electrons. The molecule has 0 bridgehead atoms. The van der Waals surface area contributed by atoms with Crippen molar-refractivity contribution in [2.75, 3.05) is 10.2 Å².